The van der Waals surface area contributed by atoms with Crippen molar-refractivity contribution in [3.05, 3.63) is 60.2 Å². The lowest BCUT2D eigenvalue weighted by atomic mass is 9.83. The number of piperidine rings is 1. The summed E-state index contributed by atoms with van der Waals surface area (Å²) in [5.41, 5.74) is 6.04. The van der Waals surface area contributed by atoms with Crippen LogP contribution in [-0.2, 0) is 16.8 Å². The monoisotopic (exact) mass is 387 g/mol. The van der Waals surface area contributed by atoms with Crippen LogP contribution in [0.3, 0.4) is 0 Å². The van der Waals surface area contributed by atoms with Crippen LogP contribution < -0.4 is 4.90 Å². The summed E-state index contributed by atoms with van der Waals surface area (Å²) in [6.45, 7) is 2.51. The summed E-state index contributed by atoms with van der Waals surface area (Å²) in [4.78, 5) is 2.37. The number of aromatic amines is 1. The molecular weight excluding hydrogens is 366 g/mol. The topological polar surface area (TPSA) is 84.2 Å². The van der Waals surface area contributed by atoms with Gasteiger partial charge < -0.3 is 9.64 Å². The van der Waals surface area contributed by atoms with Gasteiger partial charge in [-0.15, -0.1) is 10.2 Å². The predicted molar refractivity (Wildman–Crippen MR) is 108 cm³/mol. The second-order valence-corrected chi connectivity index (χ2v) is 7.73. The number of hydrogen-bond acceptors (Lipinski definition) is 6. The Hall–Kier alpha value is -3.26. The van der Waals surface area contributed by atoms with Crippen LogP contribution in [0.2, 0.25) is 0 Å². The van der Waals surface area contributed by atoms with Crippen LogP contribution in [0.15, 0.2) is 48.9 Å². The van der Waals surface area contributed by atoms with Gasteiger partial charge in [-0.25, -0.2) is 0 Å². The molecule has 0 aliphatic carbocycles. The highest BCUT2D eigenvalue weighted by atomic mass is 16.5. The Morgan fingerprint density at radius 1 is 1.10 bits per heavy atom. The van der Waals surface area contributed by atoms with Gasteiger partial charge in [0.15, 0.2) is 0 Å². The summed E-state index contributed by atoms with van der Waals surface area (Å²) in [5.74, 6) is 0. The van der Waals surface area contributed by atoms with E-state index >= 15 is 0 Å². The molecule has 0 atom stereocenters. The molecule has 1 saturated heterocycles. The van der Waals surface area contributed by atoms with Crippen LogP contribution in [0.1, 0.15) is 24.1 Å². The Balaban J connectivity index is 1.35. The van der Waals surface area contributed by atoms with Gasteiger partial charge in [-0.2, -0.15) is 14.7 Å². The average Bonchev–Trinajstić information content (AvgIpc) is 3.45. The van der Waals surface area contributed by atoms with E-state index in [0.717, 1.165) is 67.2 Å². The molecule has 1 aromatic carbocycles. The fraction of sp³-hybridized carbons (Fsp3) is 0.333. The summed E-state index contributed by atoms with van der Waals surface area (Å²) in [7, 11) is 0. The van der Waals surface area contributed by atoms with Gasteiger partial charge in [0.05, 0.1) is 29.9 Å². The first-order chi connectivity index (χ1) is 14.3. The first-order valence-corrected chi connectivity index (χ1v) is 10.0. The lowest BCUT2D eigenvalue weighted by molar-refractivity contribution is -0.0795. The van der Waals surface area contributed by atoms with Gasteiger partial charge in [0.2, 0.25) is 5.65 Å². The Kier molecular flexibility index (Phi) is 3.67. The Bertz CT molecular complexity index is 1160. The molecule has 0 saturated carbocycles. The number of benzene rings is 1. The maximum Gasteiger partial charge on any atom is 0.200 e. The number of fused-ring (bicyclic) bond motifs is 3. The van der Waals surface area contributed by atoms with E-state index in [1.54, 1.807) is 10.8 Å². The zero-order valence-electron chi connectivity index (χ0n) is 16.0. The van der Waals surface area contributed by atoms with E-state index in [1.807, 2.05) is 24.4 Å². The van der Waals surface area contributed by atoms with Crippen LogP contribution in [0.5, 0.6) is 0 Å². The van der Waals surface area contributed by atoms with Gasteiger partial charge >= 0.3 is 0 Å². The highest BCUT2D eigenvalue weighted by Gasteiger charge is 2.42. The molecule has 6 rings (SSSR count). The number of nitrogens with one attached hydrogen (secondary N) is 1. The van der Waals surface area contributed by atoms with Crippen molar-refractivity contribution in [3.63, 3.8) is 0 Å². The third kappa shape index (κ3) is 2.63. The van der Waals surface area contributed by atoms with Gasteiger partial charge in [0.1, 0.15) is 11.9 Å². The molecule has 1 fully saturated rings. The molecule has 0 unspecified atom stereocenters. The average molecular weight is 387 g/mol. The van der Waals surface area contributed by atoms with Crippen molar-refractivity contribution in [3.8, 4) is 11.3 Å². The molecule has 2 aliphatic heterocycles. The molecule has 0 bridgehead atoms. The van der Waals surface area contributed by atoms with E-state index in [0.29, 0.717) is 0 Å². The number of H-pyrrole nitrogens is 1. The summed E-state index contributed by atoms with van der Waals surface area (Å²) >= 11 is 0. The van der Waals surface area contributed by atoms with Gasteiger partial charge in [0.25, 0.3) is 0 Å². The molecule has 8 heteroatoms. The van der Waals surface area contributed by atoms with Crippen LogP contribution in [-0.4, -0.2) is 49.7 Å². The number of nitrogens with zero attached hydrogens (tertiary/aromatic N) is 6. The standard InChI is InChI=1S/C21H21N7O/c1-2-4-15(5-3-1)17-12-18(20-25-23-14-28(20)26-17)27-9-7-21(8-10-27)19-16(6-11-29-21)13-22-24-19/h1-5,12-14H,6-11H2,(H,22,24). The first kappa shape index (κ1) is 16.7. The van der Waals surface area contributed by atoms with Crippen molar-refractivity contribution in [2.75, 3.05) is 24.6 Å². The number of aromatic nitrogens is 6. The number of anilines is 1. The zero-order chi connectivity index (χ0) is 19.3. The first-order valence-electron chi connectivity index (χ1n) is 10.0. The molecule has 8 nitrogen and oxygen atoms in total. The fourth-order valence-corrected chi connectivity index (χ4v) is 4.62. The highest BCUT2D eigenvalue weighted by Crippen LogP contribution is 2.41. The molecule has 0 amide bonds. The van der Waals surface area contributed by atoms with Gasteiger partial charge in [-0.05, 0) is 30.9 Å². The molecule has 1 N–H and O–H groups in total. The van der Waals surface area contributed by atoms with Crippen LogP contribution in [0.25, 0.3) is 16.9 Å². The zero-order valence-corrected chi connectivity index (χ0v) is 16.0. The third-order valence-corrected chi connectivity index (χ3v) is 6.15. The molecule has 29 heavy (non-hydrogen) atoms. The normalized spacial score (nSPS) is 18.3. The minimum Gasteiger partial charge on any atom is -0.368 e. The van der Waals surface area contributed by atoms with Crippen LogP contribution in [0.4, 0.5) is 5.69 Å². The van der Waals surface area contributed by atoms with E-state index in [4.69, 9.17) is 9.84 Å². The van der Waals surface area contributed by atoms with Crippen LogP contribution in [0, 0.1) is 0 Å². The second kappa shape index (κ2) is 6.38. The molecular formula is C21H21N7O. The minimum absolute atomic E-state index is 0.250. The summed E-state index contributed by atoms with van der Waals surface area (Å²) in [6.07, 6.45) is 6.36. The van der Waals surface area contributed by atoms with Gasteiger partial charge in [-0.1, -0.05) is 30.3 Å². The lowest BCUT2D eigenvalue weighted by Gasteiger charge is -2.44. The molecule has 2 aliphatic rings. The van der Waals surface area contributed by atoms with Crippen molar-refractivity contribution in [2.45, 2.75) is 24.9 Å². The van der Waals surface area contributed by atoms with Crippen molar-refractivity contribution >= 4 is 11.3 Å². The van der Waals surface area contributed by atoms with Gasteiger partial charge in [-0.3, -0.25) is 5.10 Å². The number of rotatable bonds is 2. The smallest absolute Gasteiger partial charge is 0.200 e. The molecule has 0 radical (unpaired) electrons. The minimum atomic E-state index is -0.250. The van der Waals surface area contributed by atoms with Crippen LogP contribution >= 0.6 is 0 Å². The van der Waals surface area contributed by atoms with Crippen molar-refractivity contribution in [1.82, 2.24) is 30.0 Å². The fourth-order valence-electron chi connectivity index (χ4n) is 4.62. The van der Waals surface area contributed by atoms with Gasteiger partial charge in [0, 0.05) is 18.7 Å². The Morgan fingerprint density at radius 3 is 2.83 bits per heavy atom. The number of ether oxygens (including phenoxy) is 1. The summed E-state index contributed by atoms with van der Waals surface area (Å²) in [5, 5.41) is 20.6. The van der Waals surface area contributed by atoms with Crippen molar-refractivity contribution in [1.29, 1.82) is 0 Å². The second-order valence-electron chi connectivity index (χ2n) is 7.73. The highest BCUT2D eigenvalue weighted by molar-refractivity contribution is 5.74. The lowest BCUT2D eigenvalue weighted by Crippen LogP contribution is -2.47. The maximum absolute atomic E-state index is 6.30. The number of hydrogen-bond donors (Lipinski definition) is 1. The molecule has 3 aromatic heterocycles. The van der Waals surface area contributed by atoms with E-state index in [2.05, 4.69) is 43.5 Å². The largest absolute Gasteiger partial charge is 0.368 e. The van der Waals surface area contributed by atoms with E-state index in [-0.39, 0.29) is 5.60 Å². The van der Waals surface area contributed by atoms with E-state index < -0.39 is 0 Å². The molecule has 5 heterocycles. The van der Waals surface area contributed by atoms with E-state index in [1.165, 1.54) is 5.56 Å². The third-order valence-electron chi connectivity index (χ3n) is 6.15. The Morgan fingerprint density at radius 2 is 1.97 bits per heavy atom. The SMILES string of the molecule is c1ccc(-c2cc(N3CCC4(CC3)OCCc3cn[nH]c34)c3nncn3n2)cc1. The van der Waals surface area contributed by atoms with Crippen molar-refractivity contribution < 1.29 is 4.74 Å². The van der Waals surface area contributed by atoms with E-state index in [9.17, 15) is 0 Å². The summed E-state index contributed by atoms with van der Waals surface area (Å²) in [6, 6.07) is 12.3. The molecule has 1 spiro atoms. The molecule has 4 aromatic rings. The van der Waals surface area contributed by atoms with Crippen molar-refractivity contribution in [2.24, 2.45) is 0 Å². The Labute approximate surface area is 167 Å². The molecule has 146 valence electrons. The quantitative estimate of drug-likeness (QED) is 0.569. The predicted octanol–water partition coefficient (Wildman–Crippen LogP) is 2.58. The maximum atomic E-state index is 6.30. The summed E-state index contributed by atoms with van der Waals surface area (Å²) < 4.78 is 8.07.